The molecule has 19 heavy (non-hydrogen) atoms. The molecule has 1 rings (SSSR count). The molecule has 0 saturated carbocycles. The van der Waals surface area contributed by atoms with Crippen LogP contribution in [-0.4, -0.2) is 36.4 Å². The van der Waals surface area contributed by atoms with Crippen LogP contribution in [0.15, 0.2) is 12.3 Å². The number of aryl methyl sites for hydroxylation is 1. The molecule has 0 unspecified atom stereocenters. The lowest BCUT2D eigenvalue weighted by molar-refractivity contribution is -0.173. The van der Waals surface area contributed by atoms with E-state index in [-0.39, 0.29) is 13.2 Å². The first-order chi connectivity index (χ1) is 8.83. The molecule has 0 bridgehead atoms. The lowest BCUT2D eigenvalue weighted by atomic mass is 10.4. The van der Waals surface area contributed by atoms with Gasteiger partial charge in [0.05, 0.1) is 12.3 Å². The number of halogens is 3. The normalized spacial score (nSPS) is 11.6. The van der Waals surface area contributed by atoms with Crippen molar-refractivity contribution in [3.05, 3.63) is 18.0 Å². The van der Waals surface area contributed by atoms with Crippen LogP contribution in [0.2, 0.25) is 0 Å². The van der Waals surface area contributed by atoms with E-state index in [9.17, 15) is 18.0 Å². The van der Waals surface area contributed by atoms with Crippen LogP contribution in [0, 0.1) is 0 Å². The van der Waals surface area contributed by atoms with Crippen LogP contribution in [0.1, 0.15) is 17.4 Å². The predicted molar refractivity (Wildman–Crippen MR) is 63.7 cm³/mol. The third-order valence-corrected chi connectivity index (χ3v) is 2.29. The summed E-state index contributed by atoms with van der Waals surface area (Å²) in [4.78, 5) is 11.7. The second kappa shape index (κ2) is 6.46. The van der Waals surface area contributed by atoms with Gasteiger partial charge in [-0.2, -0.15) is 13.2 Å². The monoisotopic (exact) mass is 279 g/mol. The predicted octanol–water partition coefficient (Wildman–Crippen LogP) is 1.40. The summed E-state index contributed by atoms with van der Waals surface area (Å²) >= 11 is 0. The summed E-state index contributed by atoms with van der Waals surface area (Å²) in [5, 5.41) is 2.47. The van der Waals surface area contributed by atoms with E-state index < -0.39 is 18.7 Å². The minimum atomic E-state index is -4.35. The van der Waals surface area contributed by atoms with E-state index in [1.165, 1.54) is 6.07 Å². The number of amides is 1. The molecule has 1 aromatic heterocycles. The lowest BCUT2D eigenvalue weighted by Crippen LogP contribution is -2.30. The van der Waals surface area contributed by atoms with Gasteiger partial charge < -0.3 is 20.4 Å². The van der Waals surface area contributed by atoms with Gasteiger partial charge in [0.2, 0.25) is 0 Å². The Balaban J connectivity index is 2.35. The number of hydrogen-bond acceptors (Lipinski definition) is 3. The third kappa shape index (κ3) is 5.21. The summed E-state index contributed by atoms with van der Waals surface area (Å²) in [7, 11) is 0. The molecule has 1 heterocycles. The molecular formula is C11H16F3N3O2. The molecule has 0 spiro atoms. The fraction of sp³-hybridized carbons (Fsp3) is 0.545. The number of carbonyl (C=O) groups excluding carboxylic acids is 1. The number of carbonyl (C=O) groups is 1. The zero-order valence-electron chi connectivity index (χ0n) is 10.5. The number of nitrogens with two attached hydrogens (primary N) is 1. The summed E-state index contributed by atoms with van der Waals surface area (Å²) in [5.41, 5.74) is 6.40. The number of rotatable bonds is 6. The molecule has 0 aliphatic rings. The maximum absolute atomic E-state index is 11.8. The average molecular weight is 279 g/mol. The van der Waals surface area contributed by atoms with Crippen LogP contribution in [0.25, 0.3) is 0 Å². The van der Waals surface area contributed by atoms with Crippen molar-refractivity contribution in [1.82, 2.24) is 9.88 Å². The van der Waals surface area contributed by atoms with Crippen LogP contribution in [-0.2, 0) is 11.3 Å². The maximum Gasteiger partial charge on any atom is 0.411 e. The molecule has 0 aliphatic heterocycles. The fourth-order valence-corrected chi connectivity index (χ4v) is 1.50. The highest BCUT2D eigenvalue weighted by Gasteiger charge is 2.27. The highest BCUT2D eigenvalue weighted by molar-refractivity contribution is 5.93. The number of hydrogen-bond donors (Lipinski definition) is 2. The molecule has 1 amide bonds. The molecule has 108 valence electrons. The number of nitrogen functional groups attached to an aromatic ring is 1. The van der Waals surface area contributed by atoms with Crippen LogP contribution < -0.4 is 11.1 Å². The topological polar surface area (TPSA) is 69.3 Å². The molecule has 0 aliphatic carbocycles. The number of alkyl halides is 3. The van der Waals surface area contributed by atoms with E-state index in [2.05, 4.69) is 10.1 Å². The second-order valence-corrected chi connectivity index (χ2v) is 3.87. The third-order valence-electron chi connectivity index (χ3n) is 2.29. The van der Waals surface area contributed by atoms with Crippen molar-refractivity contribution in [1.29, 1.82) is 0 Å². The van der Waals surface area contributed by atoms with E-state index in [4.69, 9.17) is 5.73 Å². The quantitative estimate of drug-likeness (QED) is 0.773. The Bertz CT molecular complexity index is 429. The summed E-state index contributed by atoms with van der Waals surface area (Å²) in [6.45, 7) is 0.908. The highest BCUT2D eigenvalue weighted by atomic mass is 19.4. The Morgan fingerprint density at radius 3 is 2.79 bits per heavy atom. The van der Waals surface area contributed by atoms with Crippen molar-refractivity contribution in [3.63, 3.8) is 0 Å². The molecule has 0 aromatic carbocycles. The Morgan fingerprint density at radius 1 is 1.53 bits per heavy atom. The van der Waals surface area contributed by atoms with Gasteiger partial charge in [0.25, 0.3) is 5.91 Å². The first kappa shape index (κ1) is 15.4. The van der Waals surface area contributed by atoms with Crippen LogP contribution in [0.4, 0.5) is 18.9 Å². The van der Waals surface area contributed by atoms with Gasteiger partial charge in [-0.25, -0.2) is 0 Å². The maximum atomic E-state index is 11.8. The minimum absolute atomic E-state index is 0.00368. The van der Waals surface area contributed by atoms with Crippen LogP contribution in [0.5, 0.6) is 0 Å². The smallest absolute Gasteiger partial charge is 0.397 e. The van der Waals surface area contributed by atoms with Crippen molar-refractivity contribution in [2.45, 2.75) is 19.6 Å². The van der Waals surface area contributed by atoms with E-state index in [1.54, 1.807) is 10.8 Å². The Morgan fingerprint density at radius 2 is 2.21 bits per heavy atom. The number of nitrogens with one attached hydrogen (secondary N) is 1. The van der Waals surface area contributed by atoms with Crippen molar-refractivity contribution in [2.75, 3.05) is 25.5 Å². The zero-order chi connectivity index (χ0) is 14.5. The first-order valence-corrected chi connectivity index (χ1v) is 5.72. The number of anilines is 1. The molecule has 0 saturated heterocycles. The summed E-state index contributed by atoms with van der Waals surface area (Å²) in [6, 6.07) is 1.51. The van der Waals surface area contributed by atoms with Gasteiger partial charge in [-0.15, -0.1) is 0 Å². The molecule has 3 N–H and O–H groups in total. The summed E-state index contributed by atoms with van der Waals surface area (Å²) in [5.74, 6) is -0.394. The van der Waals surface area contributed by atoms with Gasteiger partial charge >= 0.3 is 6.18 Å². The molecule has 0 radical (unpaired) electrons. The van der Waals surface area contributed by atoms with Crippen LogP contribution in [0.3, 0.4) is 0 Å². The Hall–Kier alpha value is -1.70. The van der Waals surface area contributed by atoms with Gasteiger partial charge in [-0.3, -0.25) is 4.79 Å². The zero-order valence-corrected chi connectivity index (χ0v) is 10.5. The van der Waals surface area contributed by atoms with E-state index in [1.807, 2.05) is 6.92 Å². The number of aromatic nitrogens is 1. The van der Waals surface area contributed by atoms with Crippen molar-refractivity contribution < 1.29 is 22.7 Å². The van der Waals surface area contributed by atoms with E-state index >= 15 is 0 Å². The first-order valence-electron chi connectivity index (χ1n) is 5.72. The largest absolute Gasteiger partial charge is 0.411 e. The van der Waals surface area contributed by atoms with Gasteiger partial charge in [0.1, 0.15) is 12.3 Å². The van der Waals surface area contributed by atoms with Crippen molar-refractivity contribution >= 4 is 11.6 Å². The molecule has 1 aromatic rings. The van der Waals surface area contributed by atoms with E-state index in [0.717, 1.165) is 0 Å². The minimum Gasteiger partial charge on any atom is -0.397 e. The molecule has 0 atom stereocenters. The van der Waals surface area contributed by atoms with Crippen molar-refractivity contribution in [2.24, 2.45) is 0 Å². The molecule has 8 heteroatoms. The average Bonchev–Trinajstić information content (AvgIpc) is 2.68. The van der Waals surface area contributed by atoms with Crippen molar-refractivity contribution in [3.8, 4) is 0 Å². The van der Waals surface area contributed by atoms with E-state index in [0.29, 0.717) is 17.9 Å². The Labute approximate surface area is 108 Å². The standard InChI is InChI=1S/C11H16F3N3O2/c1-2-17-6-8(15)5-9(17)10(18)16-3-4-19-7-11(12,13)14/h5-6H,2-4,7,15H2,1H3,(H,16,18). The lowest BCUT2D eigenvalue weighted by Gasteiger charge is -2.09. The Kier molecular flexibility index (Phi) is 5.22. The second-order valence-electron chi connectivity index (χ2n) is 3.87. The SMILES string of the molecule is CCn1cc(N)cc1C(=O)NCCOCC(F)(F)F. The molecule has 0 fully saturated rings. The molecule has 5 nitrogen and oxygen atoms in total. The summed E-state index contributed by atoms with van der Waals surface area (Å²) < 4.78 is 41.4. The van der Waals surface area contributed by atoms with Gasteiger partial charge in [0.15, 0.2) is 0 Å². The van der Waals surface area contributed by atoms with Gasteiger partial charge in [-0.1, -0.05) is 0 Å². The summed E-state index contributed by atoms with van der Waals surface area (Å²) in [6.07, 6.45) is -2.73. The van der Waals surface area contributed by atoms with Gasteiger partial charge in [-0.05, 0) is 13.0 Å². The number of ether oxygens (including phenoxy) is 1. The number of nitrogens with zero attached hydrogens (tertiary/aromatic N) is 1. The fourth-order valence-electron chi connectivity index (χ4n) is 1.50. The molecular weight excluding hydrogens is 263 g/mol. The highest BCUT2D eigenvalue weighted by Crippen LogP contribution is 2.14. The van der Waals surface area contributed by atoms with Gasteiger partial charge in [0, 0.05) is 19.3 Å². The van der Waals surface area contributed by atoms with Crippen LogP contribution >= 0.6 is 0 Å².